The highest BCUT2D eigenvalue weighted by Crippen LogP contribution is 2.29. The highest BCUT2D eigenvalue weighted by molar-refractivity contribution is 9.10. The molecule has 1 atom stereocenters. The molecule has 0 aliphatic carbocycles. The number of rotatable bonds is 4. The van der Waals surface area contributed by atoms with Crippen LogP contribution in [-0.4, -0.2) is 16.9 Å². The lowest BCUT2D eigenvalue weighted by Crippen LogP contribution is -2.19. The van der Waals surface area contributed by atoms with Crippen molar-refractivity contribution in [1.29, 1.82) is 0 Å². The summed E-state index contributed by atoms with van der Waals surface area (Å²) in [4.78, 5) is 0. The highest BCUT2D eigenvalue weighted by Gasteiger charge is 2.19. The van der Waals surface area contributed by atoms with Crippen LogP contribution in [0.15, 0.2) is 34.9 Å². The van der Waals surface area contributed by atoms with Gasteiger partial charge >= 0.3 is 0 Å². The van der Waals surface area contributed by atoms with Gasteiger partial charge in [-0.3, -0.25) is 4.68 Å². The molecular formula is C14H18BrN3O. The van der Waals surface area contributed by atoms with Gasteiger partial charge in [0.15, 0.2) is 0 Å². The Hall–Kier alpha value is -1.33. The lowest BCUT2D eigenvalue weighted by Gasteiger charge is -2.18. The number of ether oxygens (including phenoxy) is 1. The smallest absolute Gasteiger partial charge is 0.118 e. The van der Waals surface area contributed by atoms with Gasteiger partial charge in [0, 0.05) is 6.04 Å². The summed E-state index contributed by atoms with van der Waals surface area (Å²) in [5.41, 5.74) is 8.38. The predicted octanol–water partition coefficient (Wildman–Crippen LogP) is 3.28. The van der Waals surface area contributed by atoms with Crippen molar-refractivity contribution in [1.82, 2.24) is 9.78 Å². The number of hydrogen-bond acceptors (Lipinski definition) is 3. The number of hydrogen-bond donors (Lipinski definition) is 1. The molecule has 0 saturated carbocycles. The van der Waals surface area contributed by atoms with Crippen molar-refractivity contribution in [3.8, 4) is 5.75 Å². The Balaban J connectivity index is 2.37. The number of methoxy groups -OCH3 is 1. The summed E-state index contributed by atoms with van der Waals surface area (Å²) in [7, 11) is 1.65. The lowest BCUT2D eigenvalue weighted by molar-refractivity contribution is 0.414. The van der Waals surface area contributed by atoms with E-state index in [1.54, 1.807) is 13.3 Å². The molecule has 0 fully saturated rings. The van der Waals surface area contributed by atoms with Gasteiger partial charge in [-0.25, -0.2) is 0 Å². The van der Waals surface area contributed by atoms with Gasteiger partial charge in [-0.1, -0.05) is 12.1 Å². The monoisotopic (exact) mass is 323 g/mol. The van der Waals surface area contributed by atoms with Crippen molar-refractivity contribution in [3.63, 3.8) is 0 Å². The number of nitrogens with two attached hydrogens (primary N) is 1. The summed E-state index contributed by atoms with van der Waals surface area (Å²) < 4.78 is 8.04. The van der Waals surface area contributed by atoms with Gasteiger partial charge in [-0.05, 0) is 47.5 Å². The summed E-state index contributed by atoms with van der Waals surface area (Å²) in [6.45, 7) is 4.17. The van der Waals surface area contributed by atoms with Crippen molar-refractivity contribution in [2.24, 2.45) is 5.73 Å². The topological polar surface area (TPSA) is 53.1 Å². The molecule has 102 valence electrons. The largest absolute Gasteiger partial charge is 0.497 e. The van der Waals surface area contributed by atoms with Gasteiger partial charge in [0.2, 0.25) is 0 Å². The first-order valence-electron chi connectivity index (χ1n) is 6.17. The van der Waals surface area contributed by atoms with E-state index in [1.165, 1.54) is 0 Å². The molecule has 4 nitrogen and oxygen atoms in total. The van der Waals surface area contributed by atoms with E-state index in [2.05, 4.69) is 34.9 Å². The molecule has 0 spiro atoms. The van der Waals surface area contributed by atoms with Gasteiger partial charge in [-0.2, -0.15) is 5.10 Å². The standard InChI is InChI=1S/C14H18BrN3O/c1-9(2)18-14(12(15)8-17-18)13(16)10-4-6-11(19-3)7-5-10/h4-9,13H,16H2,1-3H3. The first-order chi connectivity index (χ1) is 9.04. The van der Waals surface area contributed by atoms with E-state index in [4.69, 9.17) is 10.5 Å². The van der Waals surface area contributed by atoms with Crippen LogP contribution in [0.4, 0.5) is 0 Å². The summed E-state index contributed by atoms with van der Waals surface area (Å²) in [6.07, 6.45) is 1.79. The van der Waals surface area contributed by atoms with Crippen LogP contribution < -0.4 is 10.5 Å². The molecule has 0 aliphatic rings. The fourth-order valence-corrected chi connectivity index (χ4v) is 2.54. The van der Waals surface area contributed by atoms with Crippen LogP contribution in [0.3, 0.4) is 0 Å². The van der Waals surface area contributed by atoms with Gasteiger partial charge in [-0.15, -0.1) is 0 Å². The zero-order valence-corrected chi connectivity index (χ0v) is 12.9. The minimum absolute atomic E-state index is 0.217. The fourth-order valence-electron chi connectivity index (χ4n) is 2.02. The minimum Gasteiger partial charge on any atom is -0.497 e. The molecule has 2 rings (SSSR count). The second kappa shape index (κ2) is 5.75. The van der Waals surface area contributed by atoms with Crippen molar-refractivity contribution in [2.75, 3.05) is 7.11 Å². The fraction of sp³-hybridized carbons (Fsp3) is 0.357. The molecule has 0 saturated heterocycles. The van der Waals surface area contributed by atoms with E-state index in [0.717, 1.165) is 21.5 Å². The molecule has 0 radical (unpaired) electrons. The summed E-state index contributed by atoms with van der Waals surface area (Å²) >= 11 is 3.52. The molecule has 0 bridgehead atoms. The minimum atomic E-state index is -0.217. The van der Waals surface area contributed by atoms with Gasteiger partial charge < -0.3 is 10.5 Å². The van der Waals surface area contributed by atoms with E-state index in [-0.39, 0.29) is 12.1 Å². The number of nitrogens with zero attached hydrogens (tertiary/aromatic N) is 2. The molecule has 0 amide bonds. The third kappa shape index (κ3) is 2.82. The van der Waals surface area contributed by atoms with Crippen molar-refractivity contribution < 1.29 is 4.74 Å². The van der Waals surface area contributed by atoms with Crippen molar-refractivity contribution >= 4 is 15.9 Å². The molecule has 19 heavy (non-hydrogen) atoms. The maximum absolute atomic E-state index is 6.36. The Morgan fingerprint density at radius 3 is 2.42 bits per heavy atom. The van der Waals surface area contributed by atoms with Gasteiger partial charge in [0.1, 0.15) is 5.75 Å². The van der Waals surface area contributed by atoms with E-state index in [9.17, 15) is 0 Å². The maximum Gasteiger partial charge on any atom is 0.118 e. The molecule has 2 N–H and O–H groups in total. The van der Waals surface area contributed by atoms with E-state index < -0.39 is 0 Å². The van der Waals surface area contributed by atoms with Crippen LogP contribution in [0.2, 0.25) is 0 Å². The predicted molar refractivity (Wildman–Crippen MR) is 79.3 cm³/mol. The van der Waals surface area contributed by atoms with Crippen LogP contribution in [0.25, 0.3) is 0 Å². The third-order valence-electron chi connectivity index (χ3n) is 3.05. The Morgan fingerprint density at radius 1 is 1.26 bits per heavy atom. The van der Waals surface area contributed by atoms with Crippen LogP contribution >= 0.6 is 15.9 Å². The Kier molecular flexibility index (Phi) is 4.27. The van der Waals surface area contributed by atoms with Crippen molar-refractivity contribution in [3.05, 3.63) is 46.2 Å². The Labute approximate surface area is 121 Å². The SMILES string of the molecule is COc1ccc(C(N)c2c(Br)cnn2C(C)C)cc1. The van der Waals surface area contributed by atoms with Gasteiger partial charge in [0.25, 0.3) is 0 Å². The first-order valence-corrected chi connectivity index (χ1v) is 6.96. The van der Waals surface area contributed by atoms with Gasteiger partial charge in [0.05, 0.1) is 29.5 Å². The number of benzene rings is 1. The molecule has 0 aliphatic heterocycles. The second-order valence-electron chi connectivity index (χ2n) is 4.67. The van der Waals surface area contributed by atoms with E-state index in [0.29, 0.717) is 0 Å². The number of halogens is 1. The Bertz CT molecular complexity index is 548. The molecule has 1 aromatic carbocycles. The van der Waals surface area contributed by atoms with E-state index in [1.807, 2.05) is 28.9 Å². The second-order valence-corrected chi connectivity index (χ2v) is 5.52. The highest BCUT2D eigenvalue weighted by atomic mass is 79.9. The zero-order valence-electron chi connectivity index (χ0n) is 11.3. The quantitative estimate of drug-likeness (QED) is 0.939. The molecule has 1 aromatic heterocycles. The average molecular weight is 324 g/mol. The summed E-state index contributed by atoms with van der Waals surface area (Å²) in [5, 5.41) is 4.36. The molecule has 1 unspecified atom stereocenters. The average Bonchev–Trinajstić information content (AvgIpc) is 2.80. The Morgan fingerprint density at radius 2 is 1.89 bits per heavy atom. The number of aromatic nitrogens is 2. The molecule has 5 heteroatoms. The van der Waals surface area contributed by atoms with E-state index >= 15 is 0 Å². The third-order valence-corrected chi connectivity index (χ3v) is 3.66. The summed E-state index contributed by atoms with van der Waals surface area (Å²) in [6, 6.07) is 7.84. The zero-order chi connectivity index (χ0) is 14.0. The molecule has 1 heterocycles. The van der Waals surface area contributed by atoms with Crippen LogP contribution in [0.5, 0.6) is 5.75 Å². The molecule has 2 aromatic rings. The summed E-state index contributed by atoms with van der Waals surface area (Å²) in [5.74, 6) is 0.826. The van der Waals surface area contributed by atoms with Crippen LogP contribution in [0.1, 0.15) is 37.2 Å². The van der Waals surface area contributed by atoms with Crippen LogP contribution in [0, 0.1) is 0 Å². The maximum atomic E-state index is 6.36. The first kappa shape index (κ1) is 14.1. The van der Waals surface area contributed by atoms with Crippen LogP contribution in [-0.2, 0) is 0 Å². The molecular weight excluding hydrogens is 306 g/mol. The van der Waals surface area contributed by atoms with Crippen molar-refractivity contribution in [2.45, 2.75) is 25.9 Å². The lowest BCUT2D eigenvalue weighted by atomic mass is 10.0. The normalized spacial score (nSPS) is 12.7.